The minimum Gasteiger partial charge on any atom is -0.399 e. The second kappa shape index (κ2) is 6.26. The molecule has 1 amide bonds. The van der Waals surface area contributed by atoms with E-state index in [4.69, 9.17) is 17.3 Å². The summed E-state index contributed by atoms with van der Waals surface area (Å²) >= 11 is 5.98. The second-order valence-electron chi connectivity index (χ2n) is 5.06. The van der Waals surface area contributed by atoms with Crippen LogP contribution in [0.5, 0.6) is 0 Å². The van der Waals surface area contributed by atoms with Crippen molar-refractivity contribution in [2.75, 3.05) is 12.3 Å². The van der Waals surface area contributed by atoms with Crippen molar-refractivity contribution in [2.45, 2.75) is 31.8 Å². The number of hydrogen-bond acceptors (Lipinski definition) is 3. The molecule has 19 heavy (non-hydrogen) atoms. The summed E-state index contributed by atoms with van der Waals surface area (Å²) in [6.45, 7) is 0.487. The minimum absolute atomic E-state index is 0.144. The number of benzene rings is 1. The first kappa shape index (κ1) is 14.2. The predicted molar refractivity (Wildman–Crippen MR) is 76.2 cm³/mol. The Kier molecular flexibility index (Phi) is 4.66. The summed E-state index contributed by atoms with van der Waals surface area (Å²) in [4.78, 5) is 12.0. The molecule has 2 atom stereocenters. The molecule has 104 valence electrons. The molecule has 1 aliphatic rings. The van der Waals surface area contributed by atoms with E-state index in [-0.39, 0.29) is 17.9 Å². The third-order valence-corrected chi connectivity index (χ3v) is 3.94. The Morgan fingerprint density at radius 2 is 2.16 bits per heavy atom. The van der Waals surface area contributed by atoms with Gasteiger partial charge in [-0.1, -0.05) is 24.4 Å². The van der Waals surface area contributed by atoms with Crippen molar-refractivity contribution in [1.29, 1.82) is 0 Å². The highest BCUT2D eigenvalue weighted by Crippen LogP contribution is 2.24. The number of carbonyl (C=O) groups excluding carboxylic acids is 1. The van der Waals surface area contributed by atoms with Gasteiger partial charge >= 0.3 is 0 Å². The van der Waals surface area contributed by atoms with E-state index in [1.54, 1.807) is 18.2 Å². The van der Waals surface area contributed by atoms with Crippen LogP contribution < -0.4 is 11.1 Å². The van der Waals surface area contributed by atoms with Crippen LogP contribution in [0.2, 0.25) is 5.02 Å². The molecule has 0 saturated heterocycles. The average molecular weight is 283 g/mol. The zero-order chi connectivity index (χ0) is 13.8. The molecule has 4 nitrogen and oxygen atoms in total. The zero-order valence-corrected chi connectivity index (χ0v) is 11.5. The van der Waals surface area contributed by atoms with Crippen molar-refractivity contribution in [3.05, 3.63) is 28.8 Å². The Bertz CT molecular complexity index is 465. The minimum atomic E-state index is -0.309. The van der Waals surface area contributed by atoms with Crippen LogP contribution in [0, 0.1) is 5.92 Å². The van der Waals surface area contributed by atoms with E-state index in [2.05, 4.69) is 5.32 Å². The molecule has 2 rings (SSSR count). The van der Waals surface area contributed by atoms with E-state index >= 15 is 0 Å². The summed E-state index contributed by atoms with van der Waals surface area (Å²) in [5.74, 6) is -0.0759. The van der Waals surface area contributed by atoms with Crippen LogP contribution in [0.15, 0.2) is 18.2 Å². The van der Waals surface area contributed by atoms with Crippen molar-refractivity contribution in [2.24, 2.45) is 5.92 Å². The smallest absolute Gasteiger partial charge is 0.252 e. The van der Waals surface area contributed by atoms with Gasteiger partial charge in [-0.05, 0) is 31.0 Å². The molecule has 1 fully saturated rings. The van der Waals surface area contributed by atoms with Gasteiger partial charge in [0.05, 0.1) is 16.7 Å². The molecule has 0 aliphatic heterocycles. The maximum atomic E-state index is 12.0. The van der Waals surface area contributed by atoms with E-state index in [1.807, 2.05) is 0 Å². The largest absolute Gasteiger partial charge is 0.399 e. The van der Waals surface area contributed by atoms with E-state index in [0.717, 1.165) is 25.7 Å². The molecule has 0 bridgehead atoms. The summed E-state index contributed by atoms with van der Waals surface area (Å²) in [6.07, 6.45) is 3.64. The van der Waals surface area contributed by atoms with Crippen LogP contribution in [0.4, 0.5) is 5.69 Å². The third kappa shape index (κ3) is 3.61. The van der Waals surface area contributed by atoms with Gasteiger partial charge in [0, 0.05) is 18.2 Å². The number of rotatable bonds is 3. The molecule has 0 aromatic heterocycles. The highest BCUT2D eigenvalue weighted by Gasteiger charge is 2.23. The number of nitrogens with two attached hydrogens (primary N) is 1. The van der Waals surface area contributed by atoms with Crippen molar-refractivity contribution < 1.29 is 9.90 Å². The molecular weight excluding hydrogens is 264 g/mol. The van der Waals surface area contributed by atoms with Crippen molar-refractivity contribution in [1.82, 2.24) is 5.32 Å². The van der Waals surface area contributed by atoms with E-state index in [9.17, 15) is 9.90 Å². The highest BCUT2D eigenvalue weighted by molar-refractivity contribution is 6.34. The first-order chi connectivity index (χ1) is 9.08. The first-order valence-electron chi connectivity index (χ1n) is 6.59. The number of hydrogen-bond donors (Lipinski definition) is 3. The van der Waals surface area contributed by atoms with Gasteiger partial charge in [-0.15, -0.1) is 0 Å². The maximum Gasteiger partial charge on any atom is 0.252 e. The molecule has 1 aromatic rings. The fraction of sp³-hybridized carbons (Fsp3) is 0.500. The number of nitrogens with one attached hydrogen (secondary N) is 1. The summed E-state index contributed by atoms with van der Waals surface area (Å²) in [5.41, 5.74) is 6.54. The highest BCUT2D eigenvalue weighted by atomic mass is 35.5. The predicted octanol–water partition coefficient (Wildman–Crippen LogP) is 2.20. The van der Waals surface area contributed by atoms with Crippen LogP contribution in [0.25, 0.3) is 0 Å². The first-order valence-corrected chi connectivity index (χ1v) is 6.97. The van der Waals surface area contributed by atoms with E-state index < -0.39 is 0 Å². The fourth-order valence-electron chi connectivity index (χ4n) is 2.46. The summed E-state index contributed by atoms with van der Waals surface area (Å²) in [5, 5.41) is 13.0. The zero-order valence-electron chi connectivity index (χ0n) is 10.7. The fourth-order valence-corrected chi connectivity index (χ4v) is 2.74. The molecule has 5 heteroatoms. The number of halogens is 1. The number of amides is 1. The molecule has 1 aliphatic carbocycles. The van der Waals surface area contributed by atoms with Crippen LogP contribution >= 0.6 is 11.6 Å². The lowest BCUT2D eigenvalue weighted by atomic mass is 9.86. The number of nitrogen functional groups attached to an aromatic ring is 1. The van der Waals surface area contributed by atoms with Gasteiger partial charge in [0.2, 0.25) is 0 Å². The number of carbonyl (C=O) groups is 1. The summed E-state index contributed by atoms with van der Waals surface area (Å²) in [6, 6.07) is 4.83. The van der Waals surface area contributed by atoms with Gasteiger partial charge in [0.15, 0.2) is 0 Å². The number of aliphatic hydroxyl groups excluding tert-OH is 1. The van der Waals surface area contributed by atoms with E-state index in [0.29, 0.717) is 22.8 Å². The third-order valence-electron chi connectivity index (χ3n) is 3.63. The molecule has 1 saturated carbocycles. The molecule has 2 unspecified atom stereocenters. The lowest BCUT2D eigenvalue weighted by molar-refractivity contribution is 0.0663. The molecule has 4 N–H and O–H groups in total. The average Bonchev–Trinajstić information content (AvgIpc) is 2.37. The molecule has 0 radical (unpaired) electrons. The van der Waals surface area contributed by atoms with Crippen molar-refractivity contribution in [3.8, 4) is 0 Å². The Morgan fingerprint density at radius 1 is 1.42 bits per heavy atom. The lowest BCUT2D eigenvalue weighted by Gasteiger charge is -2.27. The van der Waals surface area contributed by atoms with Crippen LogP contribution in [0.1, 0.15) is 36.0 Å². The van der Waals surface area contributed by atoms with Crippen LogP contribution in [0.3, 0.4) is 0 Å². The topological polar surface area (TPSA) is 75.4 Å². The van der Waals surface area contributed by atoms with Crippen LogP contribution in [-0.4, -0.2) is 23.7 Å². The Morgan fingerprint density at radius 3 is 2.84 bits per heavy atom. The second-order valence-corrected chi connectivity index (χ2v) is 5.47. The summed E-state index contributed by atoms with van der Waals surface area (Å²) in [7, 11) is 0. The van der Waals surface area contributed by atoms with Gasteiger partial charge in [-0.2, -0.15) is 0 Å². The Hall–Kier alpha value is -1.26. The van der Waals surface area contributed by atoms with E-state index in [1.165, 1.54) is 0 Å². The van der Waals surface area contributed by atoms with Gasteiger partial charge in [-0.25, -0.2) is 0 Å². The van der Waals surface area contributed by atoms with Gasteiger partial charge in [-0.3, -0.25) is 4.79 Å². The van der Waals surface area contributed by atoms with Crippen LogP contribution in [-0.2, 0) is 0 Å². The molecule has 0 heterocycles. The standard InChI is InChI=1S/C14H19ClN2O2/c15-12-7-10(16)5-6-11(12)14(19)17-8-9-3-1-2-4-13(9)18/h5-7,9,13,18H,1-4,8,16H2,(H,17,19). The van der Waals surface area contributed by atoms with Crippen molar-refractivity contribution >= 4 is 23.2 Å². The summed E-state index contributed by atoms with van der Waals surface area (Å²) < 4.78 is 0. The Labute approximate surface area is 117 Å². The molecular formula is C14H19ClN2O2. The Balaban J connectivity index is 1.93. The molecule has 1 aromatic carbocycles. The van der Waals surface area contributed by atoms with Gasteiger partial charge in [0.25, 0.3) is 5.91 Å². The normalized spacial score (nSPS) is 23.1. The van der Waals surface area contributed by atoms with Crippen molar-refractivity contribution in [3.63, 3.8) is 0 Å². The lowest BCUT2D eigenvalue weighted by Crippen LogP contribution is -2.36. The number of aliphatic hydroxyl groups is 1. The number of anilines is 1. The molecule has 0 spiro atoms. The quantitative estimate of drug-likeness (QED) is 0.744. The van der Waals surface area contributed by atoms with Gasteiger partial charge in [0.1, 0.15) is 0 Å². The maximum absolute atomic E-state index is 12.0. The van der Waals surface area contributed by atoms with Gasteiger partial charge < -0.3 is 16.2 Å². The monoisotopic (exact) mass is 282 g/mol. The SMILES string of the molecule is Nc1ccc(C(=O)NCC2CCCCC2O)c(Cl)c1.